The first-order valence-corrected chi connectivity index (χ1v) is 11.6. The van der Waals surface area contributed by atoms with E-state index in [1.807, 2.05) is 32.0 Å². The quantitative estimate of drug-likeness (QED) is 0.630. The van der Waals surface area contributed by atoms with Crippen molar-refractivity contribution in [1.82, 2.24) is 4.90 Å². The van der Waals surface area contributed by atoms with Crippen LogP contribution in [-0.2, 0) is 18.3 Å². The Morgan fingerprint density at radius 1 is 1.11 bits per heavy atom. The Labute approximate surface area is 165 Å². The summed E-state index contributed by atoms with van der Waals surface area (Å²) in [7, 11) is -3.25. The lowest BCUT2D eigenvalue weighted by atomic mass is 9.84. The molecular formula is C21H26NO5P. The second-order valence-electron chi connectivity index (χ2n) is 7.26. The first-order valence-electron chi connectivity index (χ1n) is 9.85. The van der Waals surface area contributed by atoms with E-state index >= 15 is 0 Å². The highest BCUT2D eigenvalue weighted by atomic mass is 31.2. The van der Waals surface area contributed by atoms with Crippen molar-refractivity contribution in [2.75, 3.05) is 32.5 Å². The van der Waals surface area contributed by atoms with Crippen LogP contribution >= 0.6 is 7.60 Å². The molecule has 6 nitrogen and oxygen atoms in total. The molecule has 2 aromatic carbocycles. The highest BCUT2D eigenvalue weighted by molar-refractivity contribution is 7.53. The predicted octanol–water partition coefficient (Wildman–Crippen LogP) is 4.64. The van der Waals surface area contributed by atoms with Crippen LogP contribution in [0.25, 0.3) is 10.8 Å². The summed E-state index contributed by atoms with van der Waals surface area (Å²) in [5.74, 6) is -0.000577. The van der Waals surface area contributed by atoms with Gasteiger partial charge in [0.1, 0.15) is 6.61 Å². The molecule has 1 amide bonds. The minimum atomic E-state index is -3.25. The van der Waals surface area contributed by atoms with Crippen LogP contribution in [0.1, 0.15) is 25.3 Å². The third-order valence-corrected chi connectivity index (χ3v) is 7.90. The van der Waals surface area contributed by atoms with Crippen molar-refractivity contribution in [3.63, 3.8) is 0 Å². The van der Waals surface area contributed by atoms with E-state index in [9.17, 15) is 9.36 Å². The minimum absolute atomic E-state index is 0.0539. The Bertz CT molecular complexity index is 901. The van der Waals surface area contributed by atoms with Crippen molar-refractivity contribution in [2.24, 2.45) is 5.92 Å². The van der Waals surface area contributed by atoms with Crippen LogP contribution in [0.5, 0.6) is 0 Å². The zero-order chi connectivity index (χ0) is 19.7. The number of carbonyl (C=O) groups excluding carboxylic acids is 1. The highest BCUT2D eigenvalue weighted by Crippen LogP contribution is 2.55. The van der Waals surface area contributed by atoms with E-state index in [0.29, 0.717) is 26.4 Å². The van der Waals surface area contributed by atoms with Crippen molar-refractivity contribution < 1.29 is 23.1 Å². The number of nitrogens with zero attached hydrogens (tertiary/aromatic N) is 1. The van der Waals surface area contributed by atoms with Gasteiger partial charge in [0, 0.05) is 18.4 Å². The van der Waals surface area contributed by atoms with Crippen LogP contribution in [0.4, 0.5) is 4.79 Å². The Morgan fingerprint density at radius 2 is 1.82 bits per heavy atom. The molecule has 28 heavy (non-hydrogen) atoms. The average Bonchev–Trinajstić information content (AvgIpc) is 3.22. The van der Waals surface area contributed by atoms with Gasteiger partial charge in [-0.25, -0.2) is 4.79 Å². The van der Waals surface area contributed by atoms with Crippen LogP contribution in [0.3, 0.4) is 0 Å². The Balaban J connectivity index is 1.74. The first kappa shape index (κ1) is 19.4. The van der Waals surface area contributed by atoms with Crippen LogP contribution in [0, 0.1) is 5.92 Å². The molecule has 0 bridgehead atoms. The van der Waals surface area contributed by atoms with Crippen molar-refractivity contribution in [3.05, 3.63) is 48.0 Å². The molecule has 2 saturated heterocycles. The molecule has 0 aliphatic carbocycles. The molecule has 0 N–H and O–H groups in total. The van der Waals surface area contributed by atoms with Gasteiger partial charge in [-0.3, -0.25) is 4.57 Å². The van der Waals surface area contributed by atoms with Crippen molar-refractivity contribution in [1.29, 1.82) is 0 Å². The molecule has 2 aliphatic rings. The summed E-state index contributed by atoms with van der Waals surface area (Å²) in [4.78, 5) is 14.0. The molecular weight excluding hydrogens is 377 g/mol. The van der Waals surface area contributed by atoms with Crippen molar-refractivity contribution in [3.8, 4) is 0 Å². The van der Waals surface area contributed by atoms with Crippen LogP contribution in [0.15, 0.2) is 42.5 Å². The zero-order valence-electron chi connectivity index (χ0n) is 16.2. The molecule has 0 spiro atoms. The van der Waals surface area contributed by atoms with E-state index in [4.69, 9.17) is 13.8 Å². The predicted molar refractivity (Wildman–Crippen MR) is 108 cm³/mol. The Kier molecular flexibility index (Phi) is 5.46. The summed E-state index contributed by atoms with van der Waals surface area (Å²) < 4.78 is 29.7. The van der Waals surface area contributed by atoms with Gasteiger partial charge < -0.3 is 18.7 Å². The number of rotatable bonds is 7. The topological polar surface area (TPSA) is 65.1 Å². The molecule has 2 aliphatic heterocycles. The van der Waals surface area contributed by atoms with E-state index in [1.165, 1.54) is 5.56 Å². The largest absolute Gasteiger partial charge is 0.447 e. The lowest BCUT2D eigenvalue weighted by molar-refractivity contribution is 0.158. The molecule has 3 atom stereocenters. The fourth-order valence-electron chi connectivity index (χ4n) is 4.59. The third-order valence-electron chi connectivity index (χ3n) is 5.73. The molecule has 0 aromatic heterocycles. The number of hydrogen-bond acceptors (Lipinski definition) is 5. The maximum Gasteiger partial charge on any atom is 0.410 e. The number of ether oxygens (including phenoxy) is 1. The molecule has 150 valence electrons. The minimum Gasteiger partial charge on any atom is -0.447 e. The van der Waals surface area contributed by atoms with Gasteiger partial charge in [-0.15, -0.1) is 0 Å². The van der Waals surface area contributed by atoms with Crippen molar-refractivity contribution in [2.45, 2.75) is 25.8 Å². The molecule has 0 radical (unpaired) electrons. The van der Waals surface area contributed by atoms with Crippen LogP contribution < -0.4 is 0 Å². The van der Waals surface area contributed by atoms with Crippen LogP contribution in [0.2, 0.25) is 0 Å². The van der Waals surface area contributed by atoms with E-state index in [-0.39, 0.29) is 30.1 Å². The van der Waals surface area contributed by atoms with E-state index in [1.54, 1.807) is 4.90 Å². The third kappa shape index (κ3) is 3.45. The van der Waals surface area contributed by atoms with Gasteiger partial charge in [0.25, 0.3) is 0 Å². The Morgan fingerprint density at radius 3 is 2.57 bits per heavy atom. The van der Waals surface area contributed by atoms with E-state index < -0.39 is 7.60 Å². The van der Waals surface area contributed by atoms with E-state index in [0.717, 1.165) is 10.8 Å². The molecule has 4 rings (SSSR count). The van der Waals surface area contributed by atoms with Gasteiger partial charge in [-0.05, 0) is 30.2 Å². The fraction of sp³-hybridized carbons (Fsp3) is 0.476. The van der Waals surface area contributed by atoms with Gasteiger partial charge in [-0.1, -0.05) is 42.5 Å². The number of benzene rings is 2. The lowest BCUT2D eigenvalue weighted by Gasteiger charge is -2.27. The van der Waals surface area contributed by atoms with Gasteiger partial charge in [-0.2, -0.15) is 0 Å². The van der Waals surface area contributed by atoms with Gasteiger partial charge in [0.2, 0.25) is 0 Å². The Hall–Kier alpha value is -1.88. The number of cyclic esters (lactones) is 1. The number of hydrogen-bond donors (Lipinski definition) is 0. The van der Waals surface area contributed by atoms with Crippen molar-refractivity contribution >= 4 is 24.5 Å². The smallest absolute Gasteiger partial charge is 0.410 e. The average molecular weight is 403 g/mol. The summed E-state index contributed by atoms with van der Waals surface area (Å²) in [6, 6.07) is 14.4. The molecule has 2 aromatic rings. The number of carbonyl (C=O) groups is 1. The second-order valence-corrected chi connectivity index (χ2v) is 9.37. The molecule has 7 heteroatoms. The SMILES string of the molecule is CCOP(=O)(C[C@H]1[C@H](c2cccc3ccccc23)CN2C(=O)OC[C@@H]12)OCC. The number of fused-ring (bicyclic) bond motifs is 2. The van der Waals surface area contributed by atoms with E-state index in [2.05, 4.69) is 24.3 Å². The molecule has 2 heterocycles. The summed E-state index contributed by atoms with van der Waals surface area (Å²) >= 11 is 0. The standard InChI is InChI=1S/C21H26NO5P/c1-3-26-28(24,27-4-2)14-19-18(12-22-20(19)13-25-21(22)23)17-11-7-9-15-8-5-6-10-16(15)17/h5-11,18-20H,3-4,12-14H2,1-2H3/t18-,19-,20-/m0/s1. The normalized spacial score (nSPS) is 24.6. The highest BCUT2D eigenvalue weighted by Gasteiger charge is 2.52. The maximum atomic E-state index is 13.3. The lowest BCUT2D eigenvalue weighted by Crippen LogP contribution is -2.32. The zero-order valence-corrected chi connectivity index (χ0v) is 17.1. The summed E-state index contributed by atoms with van der Waals surface area (Å²) in [5, 5.41) is 2.32. The number of amides is 1. The van der Waals surface area contributed by atoms with Gasteiger partial charge in [0.15, 0.2) is 0 Å². The fourth-order valence-corrected chi connectivity index (χ4v) is 6.68. The summed E-state index contributed by atoms with van der Waals surface area (Å²) in [5.41, 5.74) is 1.17. The van der Waals surface area contributed by atoms with Crippen LogP contribution in [-0.4, -0.2) is 49.6 Å². The van der Waals surface area contributed by atoms with Gasteiger partial charge >= 0.3 is 13.7 Å². The molecule has 0 saturated carbocycles. The first-order chi connectivity index (χ1) is 13.6. The summed E-state index contributed by atoms with van der Waals surface area (Å²) in [6.07, 6.45) is -0.0132. The molecule has 0 unspecified atom stereocenters. The molecule has 2 fully saturated rings. The summed E-state index contributed by atoms with van der Waals surface area (Å²) in [6.45, 7) is 5.16. The maximum absolute atomic E-state index is 13.3. The monoisotopic (exact) mass is 403 g/mol. The second kappa shape index (κ2) is 7.86. The van der Waals surface area contributed by atoms with Gasteiger partial charge in [0.05, 0.1) is 25.4 Å².